The number of Topliss-reactive ketones (excluding diaryl/α,β-unsaturated/α-hetero) is 1. The Morgan fingerprint density at radius 1 is 1.39 bits per heavy atom. The summed E-state index contributed by atoms with van der Waals surface area (Å²) in [5.74, 6) is 1.16. The Hall–Kier alpha value is -2.30. The van der Waals surface area contributed by atoms with Gasteiger partial charge in [-0.15, -0.1) is 0 Å². The van der Waals surface area contributed by atoms with Gasteiger partial charge in [-0.05, 0) is 12.1 Å². The lowest BCUT2D eigenvalue weighted by Crippen LogP contribution is -2.36. The molecule has 0 fully saturated rings. The van der Waals surface area contributed by atoms with Crippen LogP contribution in [0.2, 0.25) is 0 Å². The number of carbonyl (C=O) groups excluding carboxylic acids is 1. The lowest BCUT2D eigenvalue weighted by atomic mass is 10.1. The Bertz CT molecular complexity index is 591. The van der Waals surface area contributed by atoms with E-state index in [2.05, 4.69) is 5.10 Å². The van der Waals surface area contributed by atoms with Gasteiger partial charge in [-0.2, -0.15) is 5.10 Å². The second kappa shape index (κ2) is 4.18. The lowest BCUT2D eigenvalue weighted by Gasteiger charge is -2.25. The predicted molar refractivity (Wildman–Crippen MR) is 63.9 cm³/mol. The average Bonchev–Trinajstić information content (AvgIpc) is 2.84. The molecule has 2 aromatic rings. The molecule has 92 valence electrons. The van der Waals surface area contributed by atoms with Gasteiger partial charge in [0.2, 0.25) is 5.78 Å². The summed E-state index contributed by atoms with van der Waals surface area (Å²) in [5, 5.41) is 3.98. The highest BCUT2D eigenvalue weighted by molar-refractivity contribution is 5.99. The van der Waals surface area contributed by atoms with Gasteiger partial charge in [0.1, 0.15) is 6.61 Å². The first kappa shape index (κ1) is 10.8. The molecule has 1 aliphatic heterocycles. The van der Waals surface area contributed by atoms with Crippen LogP contribution in [-0.4, -0.2) is 28.3 Å². The van der Waals surface area contributed by atoms with E-state index in [1.165, 1.54) is 6.20 Å². The highest BCUT2D eigenvalue weighted by Crippen LogP contribution is 2.31. The summed E-state index contributed by atoms with van der Waals surface area (Å²) in [6, 6.07) is 7.32. The van der Waals surface area contributed by atoms with Gasteiger partial charge in [-0.1, -0.05) is 12.1 Å². The maximum Gasteiger partial charge on any atom is 0.210 e. The summed E-state index contributed by atoms with van der Waals surface area (Å²) >= 11 is 0. The maximum atomic E-state index is 12.2. The number of nitrogens with zero attached hydrogens (tertiary/aromatic N) is 2. The Balaban J connectivity index is 1.82. The van der Waals surface area contributed by atoms with Crippen molar-refractivity contribution < 1.29 is 14.3 Å². The third kappa shape index (κ3) is 1.84. The van der Waals surface area contributed by atoms with Crippen molar-refractivity contribution in [2.45, 2.75) is 6.10 Å². The van der Waals surface area contributed by atoms with Gasteiger partial charge < -0.3 is 9.47 Å². The van der Waals surface area contributed by atoms with E-state index in [4.69, 9.17) is 9.47 Å². The molecular formula is C13H12N2O3. The first-order valence-corrected chi connectivity index (χ1v) is 5.65. The molecule has 0 saturated heterocycles. The minimum absolute atomic E-state index is 0.113. The van der Waals surface area contributed by atoms with Crippen LogP contribution in [0.15, 0.2) is 36.7 Å². The van der Waals surface area contributed by atoms with Crippen molar-refractivity contribution in [3.63, 3.8) is 0 Å². The van der Waals surface area contributed by atoms with E-state index in [1.54, 1.807) is 24.0 Å². The minimum atomic E-state index is -0.607. The molecule has 2 heterocycles. The SMILES string of the molecule is Cn1cc(C(=O)C2COc3ccccc3O2)cn1. The fourth-order valence-electron chi connectivity index (χ4n) is 1.88. The minimum Gasteiger partial charge on any atom is -0.485 e. The molecule has 0 radical (unpaired) electrons. The summed E-state index contributed by atoms with van der Waals surface area (Å²) in [6.45, 7) is 0.227. The number of hydrogen-bond donors (Lipinski definition) is 0. The largest absolute Gasteiger partial charge is 0.485 e. The molecule has 1 atom stereocenters. The van der Waals surface area contributed by atoms with Gasteiger partial charge in [-0.3, -0.25) is 9.48 Å². The van der Waals surface area contributed by atoms with Gasteiger partial charge in [0.15, 0.2) is 17.6 Å². The van der Waals surface area contributed by atoms with Gasteiger partial charge in [0.05, 0.1) is 11.8 Å². The highest BCUT2D eigenvalue weighted by Gasteiger charge is 2.28. The van der Waals surface area contributed by atoms with Gasteiger partial charge in [0, 0.05) is 13.2 Å². The van der Waals surface area contributed by atoms with Crippen molar-refractivity contribution in [3.8, 4) is 11.5 Å². The molecule has 0 bridgehead atoms. The van der Waals surface area contributed by atoms with Crippen LogP contribution < -0.4 is 9.47 Å². The molecule has 1 unspecified atom stereocenters. The summed E-state index contributed by atoms with van der Waals surface area (Å²) in [5.41, 5.74) is 0.533. The predicted octanol–water partition coefficient (Wildman–Crippen LogP) is 1.44. The number of rotatable bonds is 2. The second-order valence-electron chi connectivity index (χ2n) is 4.13. The molecule has 0 saturated carbocycles. The quantitative estimate of drug-likeness (QED) is 0.750. The Kier molecular flexibility index (Phi) is 2.51. The first-order valence-electron chi connectivity index (χ1n) is 5.65. The molecule has 5 nitrogen and oxygen atoms in total. The van der Waals surface area contributed by atoms with Crippen molar-refractivity contribution in [2.75, 3.05) is 6.61 Å². The molecular weight excluding hydrogens is 232 g/mol. The molecule has 1 aromatic carbocycles. The van der Waals surface area contributed by atoms with E-state index in [-0.39, 0.29) is 12.4 Å². The second-order valence-corrected chi connectivity index (χ2v) is 4.13. The van der Waals surface area contributed by atoms with Crippen molar-refractivity contribution in [2.24, 2.45) is 7.05 Å². The molecule has 18 heavy (non-hydrogen) atoms. The monoisotopic (exact) mass is 244 g/mol. The molecule has 0 amide bonds. The Labute approximate surface area is 104 Å². The fourth-order valence-corrected chi connectivity index (χ4v) is 1.88. The molecule has 0 spiro atoms. The van der Waals surface area contributed by atoms with Crippen LogP contribution in [0.1, 0.15) is 10.4 Å². The fraction of sp³-hybridized carbons (Fsp3) is 0.231. The average molecular weight is 244 g/mol. The molecule has 0 N–H and O–H groups in total. The summed E-state index contributed by atoms with van der Waals surface area (Å²) in [4.78, 5) is 12.2. The van der Waals surface area contributed by atoms with Crippen LogP contribution >= 0.6 is 0 Å². The zero-order valence-electron chi connectivity index (χ0n) is 9.87. The van der Waals surface area contributed by atoms with Gasteiger partial charge in [-0.25, -0.2) is 0 Å². The normalized spacial score (nSPS) is 17.5. The van der Waals surface area contributed by atoms with E-state index < -0.39 is 6.10 Å². The number of para-hydroxylation sites is 2. The number of benzene rings is 1. The van der Waals surface area contributed by atoms with Crippen LogP contribution in [0.25, 0.3) is 0 Å². The third-order valence-electron chi connectivity index (χ3n) is 2.79. The van der Waals surface area contributed by atoms with Crippen LogP contribution in [0.5, 0.6) is 11.5 Å². The number of ketones is 1. The number of hydrogen-bond acceptors (Lipinski definition) is 4. The van der Waals surface area contributed by atoms with Crippen molar-refractivity contribution in [1.29, 1.82) is 0 Å². The highest BCUT2D eigenvalue weighted by atomic mass is 16.6. The van der Waals surface area contributed by atoms with E-state index in [9.17, 15) is 4.79 Å². The zero-order valence-corrected chi connectivity index (χ0v) is 9.87. The number of aryl methyl sites for hydroxylation is 1. The van der Waals surface area contributed by atoms with Crippen molar-refractivity contribution in [1.82, 2.24) is 9.78 Å². The Morgan fingerprint density at radius 2 is 2.17 bits per heavy atom. The number of carbonyl (C=O) groups is 1. The standard InChI is InChI=1S/C13H12N2O3/c1-15-7-9(6-14-15)13(16)12-8-17-10-4-2-3-5-11(10)18-12/h2-7,12H,8H2,1H3. The molecule has 3 rings (SSSR count). The van der Waals surface area contributed by atoms with E-state index in [0.29, 0.717) is 17.1 Å². The number of fused-ring (bicyclic) bond motifs is 1. The van der Waals surface area contributed by atoms with E-state index >= 15 is 0 Å². The zero-order chi connectivity index (χ0) is 12.5. The van der Waals surface area contributed by atoms with Crippen LogP contribution in [0.4, 0.5) is 0 Å². The number of ether oxygens (including phenoxy) is 2. The van der Waals surface area contributed by atoms with Crippen LogP contribution in [-0.2, 0) is 7.05 Å². The first-order chi connectivity index (χ1) is 8.74. The maximum absolute atomic E-state index is 12.2. The molecule has 1 aromatic heterocycles. The van der Waals surface area contributed by atoms with E-state index in [1.807, 2.05) is 18.2 Å². The lowest BCUT2D eigenvalue weighted by molar-refractivity contribution is 0.0586. The smallest absolute Gasteiger partial charge is 0.210 e. The van der Waals surface area contributed by atoms with Crippen molar-refractivity contribution in [3.05, 3.63) is 42.2 Å². The van der Waals surface area contributed by atoms with Crippen LogP contribution in [0, 0.1) is 0 Å². The third-order valence-corrected chi connectivity index (χ3v) is 2.79. The van der Waals surface area contributed by atoms with Gasteiger partial charge in [0.25, 0.3) is 0 Å². The summed E-state index contributed by atoms with van der Waals surface area (Å²) < 4.78 is 12.7. The van der Waals surface area contributed by atoms with Crippen LogP contribution in [0.3, 0.4) is 0 Å². The molecule has 5 heteroatoms. The van der Waals surface area contributed by atoms with E-state index in [0.717, 1.165) is 0 Å². The number of aromatic nitrogens is 2. The summed E-state index contributed by atoms with van der Waals surface area (Å²) in [7, 11) is 1.77. The van der Waals surface area contributed by atoms with Crippen molar-refractivity contribution >= 4 is 5.78 Å². The molecule has 1 aliphatic rings. The Morgan fingerprint density at radius 3 is 2.89 bits per heavy atom. The molecule has 0 aliphatic carbocycles. The van der Waals surface area contributed by atoms with Gasteiger partial charge >= 0.3 is 0 Å². The summed E-state index contributed by atoms with van der Waals surface area (Å²) in [6.07, 6.45) is 2.60. The topological polar surface area (TPSA) is 53.4 Å².